The van der Waals surface area contributed by atoms with Crippen LogP contribution >= 0.6 is 22.6 Å². The Balaban J connectivity index is 1.87. The molecule has 2 fully saturated rings. The van der Waals surface area contributed by atoms with Crippen LogP contribution in [0.25, 0.3) is 0 Å². The van der Waals surface area contributed by atoms with E-state index >= 15 is 0 Å². The van der Waals surface area contributed by atoms with E-state index < -0.39 is 0 Å². The number of hydrogen-bond donors (Lipinski definition) is 0. The molecule has 2 saturated heterocycles. The van der Waals surface area contributed by atoms with Gasteiger partial charge < -0.3 is 9.47 Å². The van der Waals surface area contributed by atoms with Crippen LogP contribution in [0.15, 0.2) is 24.3 Å². The summed E-state index contributed by atoms with van der Waals surface area (Å²) >= 11 is 2.34. The molecule has 0 unspecified atom stereocenters. The molecule has 0 atom stereocenters. The summed E-state index contributed by atoms with van der Waals surface area (Å²) in [7, 11) is 0. The van der Waals surface area contributed by atoms with Crippen molar-refractivity contribution in [2.75, 3.05) is 39.5 Å². The minimum Gasteiger partial charge on any atom is -0.379 e. The van der Waals surface area contributed by atoms with Crippen molar-refractivity contribution >= 4 is 22.6 Å². The molecule has 0 bridgehead atoms. The fraction of sp³-hybridized carbons (Fsp3) is 0.538. The lowest BCUT2D eigenvalue weighted by Crippen LogP contribution is -2.62. The number of halogens is 1. The van der Waals surface area contributed by atoms with Crippen molar-refractivity contribution in [2.24, 2.45) is 0 Å². The van der Waals surface area contributed by atoms with Crippen molar-refractivity contribution in [3.8, 4) is 0 Å². The first kappa shape index (κ1) is 11.9. The molecule has 2 aliphatic rings. The maximum atomic E-state index is 5.49. The SMILES string of the molecule is Ic1ccc(C2(N3CCOCC3)COC2)cc1. The topological polar surface area (TPSA) is 21.7 Å². The van der Waals surface area contributed by atoms with Gasteiger partial charge in [-0.2, -0.15) is 0 Å². The summed E-state index contributed by atoms with van der Waals surface area (Å²) in [6, 6.07) is 8.83. The average molecular weight is 345 g/mol. The number of rotatable bonds is 2. The van der Waals surface area contributed by atoms with Gasteiger partial charge in [0.15, 0.2) is 0 Å². The lowest BCUT2D eigenvalue weighted by molar-refractivity contribution is -0.166. The molecule has 3 nitrogen and oxygen atoms in total. The normalized spacial score (nSPS) is 24.3. The maximum Gasteiger partial charge on any atom is 0.0935 e. The summed E-state index contributed by atoms with van der Waals surface area (Å²) in [5.74, 6) is 0. The standard InChI is InChI=1S/C13H16INO2/c14-12-3-1-11(2-4-12)13(9-17-10-13)15-5-7-16-8-6-15/h1-4H,5-10H2. The van der Waals surface area contributed by atoms with Crippen LogP contribution < -0.4 is 0 Å². The molecule has 1 aromatic rings. The molecule has 0 spiro atoms. The first-order valence-electron chi connectivity index (χ1n) is 5.98. The summed E-state index contributed by atoms with van der Waals surface area (Å²) in [5, 5.41) is 0. The summed E-state index contributed by atoms with van der Waals surface area (Å²) in [5.41, 5.74) is 1.49. The van der Waals surface area contributed by atoms with Crippen LogP contribution in [0, 0.1) is 3.57 Å². The molecule has 0 radical (unpaired) electrons. The fourth-order valence-electron chi connectivity index (χ4n) is 2.58. The quantitative estimate of drug-likeness (QED) is 0.764. The van der Waals surface area contributed by atoms with Gasteiger partial charge in [0.1, 0.15) is 0 Å². The molecular weight excluding hydrogens is 329 g/mol. The van der Waals surface area contributed by atoms with E-state index in [2.05, 4.69) is 51.8 Å². The number of ether oxygens (including phenoxy) is 2. The summed E-state index contributed by atoms with van der Waals surface area (Å²) in [6.45, 7) is 5.32. The second-order valence-corrected chi connectivity index (χ2v) is 5.88. The van der Waals surface area contributed by atoms with Crippen molar-refractivity contribution in [2.45, 2.75) is 5.54 Å². The molecule has 1 aromatic carbocycles. The zero-order valence-corrected chi connectivity index (χ0v) is 11.9. The summed E-state index contributed by atoms with van der Waals surface area (Å²) < 4.78 is 12.2. The number of hydrogen-bond acceptors (Lipinski definition) is 3. The molecule has 0 aliphatic carbocycles. The van der Waals surface area contributed by atoms with Crippen molar-refractivity contribution in [1.82, 2.24) is 4.90 Å². The lowest BCUT2D eigenvalue weighted by atomic mass is 9.85. The first-order valence-corrected chi connectivity index (χ1v) is 7.06. The molecule has 0 saturated carbocycles. The Bertz CT molecular complexity index is 383. The Labute approximate surface area is 115 Å². The van der Waals surface area contributed by atoms with E-state index in [0.717, 1.165) is 39.5 Å². The Morgan fingerprint density at radius 1 is 1.00 bits per heavy atom. The smallest absolute Gasteiger partial charge is 0.0935 e. The second kappa shape index (κ2) is 4.84. The van der Waals surface area contributed by atoms with Crippen LogP contribution in [0.3, 0.4) is 0 Å². The minimum absolute atomic E-state index is 0.105. The summed E-state index contributed by atoms with van der Waals surface area (Å²) in [6.07, 6.45) is 0. The molecule has 4 heteroatoms. The highest BCUT2D eigenvalue weighted by molar-refractivity contribution is 14.1. The van der Waals surface area contributed by atoms with Crippen molar-refractivity contribution in [3.05, 3.63) is 33.4 Å². The number of benzene rings is 1. The van der Waals surface area contributed by atoms with Gasteiger partial charge >= 0.3 is 0 Å². The molecule has 2 aliphatic heterocycles. The third-order valence-corrected chi connectivity index (χ3v) is 4.40. The van der Waals surface area contributed by atoms with Crippen LogP contribution in [0.4, 0.5) is 0 Å². The van der Waals surface area contributed by atoms with Crippen LogP contribution in [0.5, 0.6) is 0 Å². The van der Waals surface area contributed by atoms with Gasteiger partial charge in [-0.3, -0.25) is 4.90 Å². The highest BCUT2D eigenvalue weighted by atomic mass is 127. The molecule has 17 heavy (non-hydrogen) atoms. The fourth-order valence-corrected chi connectivity index (χ4v) is 2.94. The molecule has 92 valence electrons. The van der Waals surface area contributed by atoms with E-state index in [4.69, 9.17) is 9.47 Å². The molecule has 0 N–H and O–H groups in total. The Morgan fingerprint density at radius 2 is 1.65 bits per heavy atom. The van der Waals surface area contributed by atoms with E-state index in [1.54, 1.807) is 0 Å². The highest BCUT2D eigenvalue weighted by Crippen LogP contribution is 2.36. The van der Waals surface area contributed by atoms with Crippen LogP contribution in [0.2, 0.25) is 0 Å². The van der Waals surface area contributed by atoms with E-state index in [9.17, 15) is 0 Å². The third-order valence-electron chi connectivity index (χ3n) is 3.68. The Hall–Kier alpha value is -0.170. The lowest BCUT2D eigenvalue weighted by Gasteiger charge is -2.51. The van der Waals surface area contributed by atoms with E-state index in [1.165, 1.54) is 9.13 Å². The van der Waals surface area contributed by atoms with Gasteiger partial charge in [0, 0.05) is 16.7 Å². The van der Waals surface area contributed by atoms with Crippen molar-refractivity contribution in [3.63, 3.8) is 0 Å². The molecule has 2 heterocycles. The summed E-state index contributed by atoms with van der Waals surface area (Å²) in [4.78, 5) is 2.52. The average Bonchev–Trinajstić information content (AvgIpc) is 2.32. The largest absolute Gasteiger partial charge is 0.379 e. The van der Waals surface area contributed by atoms with Gasteiger partial charge in [-0.15, -0.1) is 0 Å². The number of morpholine rings is 1. The van der Waals surface area contributed by atoms with Gasteiger partial charge in [0.05, 0.1) is 32.0 Å². The first-order chi connectivity index (χ1) is 8.31. The molecule has 0 aromatic heterocycles. The van der Waals surface area contributed by atoms with Crippen LogP contribution in [-0.2, 0) is 15.0 Å². The minimum atomic E-state index is 0.105. The third kappa shape index (κ3) is 2.12. The molecule has 0 amide bonds. The molecule has 3 rings (SSSR count). The van der Waals surface area contributed by atoms with Crippen molar-refractivity contribution < 1.29 is 9.47 Å². The van der Waals surface area contributed by atoms with Gasteiger partial charge in [-0.25, -0.2) is 0 Å². The van der Waals surface area contributed by atoms with Crippen molar-refractivity contribution in [1.29, 1.82) is 0 Å². The number of nitrogens with zero attached hydrogens (tertiary/aromatic N) is 1. The predicted octanol–water partition coefficient (Wildman–Crippen LogP) is 1.85. The predicted molar refractivity (Wildman–Crippen MR) is 74.0 cm³/mol. The van der Waals surface area contributed by atoms with Crippen LogP contribution in [-0.4, -0.2) is 44.4 Å². The Morgan fingerprint density at radius 3 is 2.18 bits per heavy atom. The van der Waals surface area contributed by atoms with E-state index in [-0.39, 0.29) is 5.54 Å². The van der Waals surface area contributed by atoms with Crippen LogP contribution in [0.1, 0.15) is 5.56 Å². The van der Waals surface area contributed by atoms with Gasteiger partial charge in [-0.1, -0.05) is 12.1 Å². The second-order valence-electron chi connectivity index (χ2n) is 4.63. The highest BCUT2D eigenvalue weighted by Gasteiger charge is 2.45. The van der Waals surface area contributed by atoms with E-state index in [1.807, 2.05) is 0 Å². The zero-order chi connectivity index (χ0) is 11.7. The zero-order valence-electron chi connectivity index (χ0n) is 9.69. The van der Waals surface area contributed by atoms with Gasteiger partial charge in [-0.05, 0) is 40.3 Å². The monoisotopic (exact) mass is 345 g/mol. The van der Waals surface area contributed by atoms with E-state index in [0.29, 0.717) is 0 Å². The van der Waals surface area contributed by atoms with Gasteiger partial charge in [0.2, 0.25) is 0 Å². The maximum absolute atomic E-state index is 5.49. The van der Waals surface area contributed by atoms with Gasteiger partial charge in [0.25, 0.3) is 0 Å². The molecular formula is C13H16INO2. The Kier molecular flexibility index (Phi) is 3.38.